The minimum absolute atomic E-state index is 0.0997. The van der Waals surface area contributed by atoms with E-state index in [2.05, 4.69) is 21.3 Å². The van der Waals surface area contributed by atoms with Crippen LogP contribution >= 0.6 is 0 Å². The third-order valence-electron chi connectivity index (χ3n) is 11.6. The zero-order chi connectivity index (χ0) is 54.5. The lowest BCUT2D eigenvalue weighted by Crippen LogP contribution is -2.58. The zero-order valence-corrected chi connectivity index (χ0v) is 44.8. The molecule has 0 aromatic carbocycles. The van der Waals surface area contributed by atoms with E-state index < -0.39 is 127 Å². The fraction of sp³-hybridized carbons (Fsp3) is 0.761. The number of hydrogen-bond acceptors (Lipinski definition) is 12. The van der Waals surface area contributed by atoms with E-state index in [1.807, 2.05) is 35.5 Å². The Morgan fingerprint density at radius 1 is 0.557 bits per heavy atom. The first-order chi connectivity index (χ1) is 32.3. The number of hydrogen-bond donors (Lipinski definition) is 5. The van der Waals surface area contributed by atoms with Crippen LogP contribution in [0.3, 0.4) is 0 Å². The first-order valence-corrected chi connectivity index (χ1v) is 23.9. The molecule has 24 heteroatoms. The number of aliphatic hydroxyl groups excluding tert-OH is 1. The summed E-state index contributed by atoms with van der Waals surface area (Å²) in [7, 11) is 13.4. The van der Waals surface area contributed by atoms with E-state index >= 15 is 0 Å². The van der Waals surface area contributed by atoms with Gasteiger partial charge in [-0.25, -0.2) is 0 Å². The Bertz CT molecular complexity index is 1830. The Balaban J connectivity index is 5.54. The highest BCUT2D eigenvalue weighted by Gasteiger charge is 2.36. The highest BCUT2D eigenvalue weighted by molar-refractivity contribution is 6.08. The Kier molecular flexibility index (Phi) is 28.2. The minimum Gasteiger partial charge on any atom is -0.393 e. The lowest BCUT2D eigenvalue weighted by Gasteiger charge is -2.33. The minimum atomic E-state index is -1.13. The van der Waals surface area contributed by atoms with Crippen LogP contribution < -0.4 is 21.3 Å². The second-order valence-electron chi connectivity index (χ2n) is 19.4. The molecule has 0 aromatic rings. The molecule has 0 aliphatic heterocycles. The molecular formula is C46H84BN11O12. The van der Waals surface area contributed by atoms with Crippen LogP contribution in [-0.2, 0) is 52.7 Å². The molecule has 0 rings (SSSR count). The molecule has 0 bridgehead atoms. The lowest BCUT2D eigenvalue weighted by atomic mass is 9.97. The molecule has 0 fully saturated rings. The molecule has 0 aliphatic carbocycles. The van der Waals surface area contributed by atoms with Gasteiger partial charge in [0.15, 0.2) is 0 Å². The third-order valence-corrected chi connectivity index (χ3v) is 11.6. The maximum Gasteiger partial charge on any atom is 0.245 e. The molecule has 0 spiro atoms. The Morgan fingerprint density at radius 2 is 1.07 bits per heavy atom. The first-order valence-electron chi connectivity index (χ1n) is 23.9. The molecular weight excluding hydrogens is 909 g/mol. The van der Waals surface area contributed by atoms with Crippen molar-refractivity contribution >= 4 is 72.8 Å². The van der Waals surface area contributed by atoms with Gasteiger partial charge >= 0.3 is 0 Å². The first kappa shape index (κ1) is 64.2. The maximum atomic E-state index is 14.0. The number of amides is 11. The van der Waals surface area contributed by atoms with Crippen molar-refractivity contribution in [1.29, 1.82) is 0 Å². The predicted octanol–water partition coefficient (Wildman–Crippen LogP) is -2.89. The summed E-state index contributed by atoms with van der Waals surface area (Å²) in [6, 6.07) is -5.02. The van der Waals surface area contributed by atoms with E-state index in [0.29, 0.717) is 12.7 Å². The number of carbonyl (C=O) groups is 11. The molecule has 5 N–H and O–H groups in total. The second kappa shape index (κ2) is 30.7. The smallest absolute Gasteiger partial charge is 0.245 e. The molecule has 0 saturated heterocycles. The number of likely N-dealkylation sites (N-methyl/N-ethyl adjacent to an activating group) is 7. The van der Waals surface area contributed by atoms with Crippen molar-refractivity contribution in [3.8, 4) is 0 Å². The number of nitrogens with zero attached hydrogens (tertiary/aromatic N) is 7. The summed E-state index contributed by atoms with van der Waals surface area (Å²) in [5.41, 5.74) is 0. The molecule has 6 atom stereocenters. The van der Waals surface area contributed by atoms with E-state index in [0.717, 1.165) is 19.6 Å². The number of carbonyl (C=O) groups excluding carboxylic acids is 11. The van der Waals surface area contributed by atoms with Crippen LogP contribution in [0.1, 0.15) is 81.1 Å². The van der Waals surface area contributed by atoms with E-state index in [1.54, 1.807) is 34.9 Å². The molecule has 23 nitrogen and oxygen atoms in total. The van der Waals surface area contributed by atoms with E-state index in [-0.39, 0.29) is 43.6 Å². The van der Waals surface area contributed by atoms with Crippen molar-refractivity contribution in [2.24, 2.45) is 17.8 Å². The topological polar surface area (TPSA) is 279 Å². The van der Waals surface area contributed by atoms with Crippen molar-refractivity contribution < 1.29 is 57.8 Å². The average Bonchev–Trinajstić information content (AvgIpc) is 3.26. The lowest BCUT2D eigenvalue weighted by molar-refractivity contribution is -0.147. The summed E-state index contributed by atoms with van der Waals surface area (Å²) in [5.74, 6) is -7.03. The van der Waals surface area contributed by atoms with Crippen molar-refractivity contribution in [3.63, 3.8) is 0 Å². The molecule has 0 aromatic heterocycles. The normalized spacial score (nSPS) is 13.7. The summed E-state index contributed by atoms with van der Waals surface area (Å²) >= 11 is 0. The van der Waals surface area contributed by atoms with E-state index in [9.17, 15) is 57.8 Å². The van der Waals surface area contributed by atoms with Crippen molar-refractivity contribution in [1.82, 2.24) is 55.6 Å². The molecule has 5 unspecified atom stereocenters. The van der Waals surface area contributed by atoms with Gasteiger partial charge in [0, 0.05) is 56.4 Å². The van der Waals surface area contributed by atoms with Crippen molar-refractivity contribution in [2.45, 2.75) is 124 Å². The quantitative estimate of drug-likeness (QED) is 0.0473. The van der Waals surface area contributed by atoms with Gasteiger partial charge in [0.05, 0.1) is 45.2 Å². The van der Waals surface area contributed by atoms with Gasteiger partial charge in [0.25, 0.3) is 0 Å². The molecule has 11 amide bonds. The van der Waals surface area contributed by atoms with Crippen LogP contribution in [0.2, 0.25) is 6.32 Å². The summed E-state index contributed by atoms with van der Waals surface area (Å²) in [6.45, 7) is 11.5. The van der Waals surface area contributed by atoms with Crippen LogP contribution in [0.5, 0.6) is 0 Å². The van der Waals surface area contributed by atoms with Crippen LogP contribution in [-0.4, -0.2) is 238 Å². The fourth-order valence-corrected chi connectivity index (χ4v) is 7.30. The molecule has 398 valence electrons. The van der Waals surface area contributed by atoms with Crippen LogP contribution in [0.4, 0.5) is 0 Å². The Morgan fingerprint density at radius 3 is 1.54 bits per heavy atom. The molecule has 0 aliphatic rings. The standard InChI is InChI=1S/C46H84BN11O12/c1-17-32(50-34(60)21-31(59)18-19-47)44(68)56(14)25-37(63)53(11)23-36(62)51-40(28(4)5)45(69)57(15)33(20-27(2)3)42(66)48-22-35(61)49-30(8)43(67)55(13)24-38(64)54(12)26-39(65)58(16)41(29(6)7)46(70)52(9)10/h27-33,40-41,59H,17-26,47H2,1-16H3,(H,48,66)(H,49,61)(H,50,60)(H,51,62)/t30?,31?,32?,33?,40-,41?/m0/s1. The van der Waals surface area contributed by atoms with Crippen molar-refractivity contribution in [3.05, 3.63) is 0 Å². The van der Waals surface area contributed by atoms with Gasteiger partial charge < -0.3 is 60.7 Å². The monoisotopic (exact) mass is 994 g/mol. The Hall–Kier alpha value is -5.81. The maximum absolute atomic E-state index is 14.0. The SMILES string of the molecule is BCCC(O)CC(=O)NC(CC)C(=O)N(C)CC(=O)N(C)CC(=O)N[C@H](C(=O)N(C)C(CC(C)C)C(=O)NCC(=O)NC(C)C(=O)N(C)CC(=O)N(C)CC(=O)N(C)C(C(=O)N(C)C)C(C)C)C(C)C. The van der Waals surface area contributed by atoms with Crippen LogP contribution in [0.15, 0.2) is 0 Å². The predicted molar refractivity (Wildman–Crippen MR) is 265 cm³/mol. The van der Waals surface area contributed by atoms with Gasteiger partial charge in [0.1, 0.15) is 38.1 Å². The van der Waals surface area contributed by atoms with E-state index in [1.165, 1.54) is 63.9 Å². The van der Waals surface area contributed by atoms with E-state index in [4.69, 9.17) is 0 Å². The van der Waals surface area contributed by atoms with Gasteiger partial charge in [-0.3, -0.25) is 52.7 Å². The summed E-state index contributed by atoms with van der Waals surface area (Å²) in [5, 5.41) is 20.2. The highest BCUT2D eigenvalue weighted by Crippen LogP contribution is 2.16. The molecule has 0 saturated carbocycles. The number of aliphatic hydroxyl groups is 1. The summed E-state index contributed by atoms with van der Waals surface area (Å²) in [6.07, 6.45) is 0.531. The van der Waals surface area contributed by atoms with Crippen molar-refractivity contribution in [2.75, 3.05) is 89.1 Å². The number of nitrogens with one attached hydrogen (secondary N) is 4. The molecule has 0 heterocycles. The second-order valence-corrected chi connectivity index (χ2v) is 19.4. The highest BCUT2D eigenvalue weighted by atomic mass is 16.3. The zero-order valence-electron chi connectivity index (χ0n) is 44.8. The Labute approximate surface area is 415 Å². The molecule has 70 heavy (non-hydrogen) atoms. The summed E-state index contributed by atoms with van der Waals surface area (Å²) in [4.78, 5) is 153. The average molecular weight is 994 g/mol. The van der Waals surface area contributed by atoms with Gasteiger partial charge in [-0.1, -0.05) is 54.8 Å². The van der Waals surface area contributed by atoms with Gasteiger partial charge in [-0.15, -0.1) is 0 Å². The van der Waals surface area contributed by atoms with Crippen LogP contribution in [0.25, 0.3) is 0 Å². The molecule has 0 radical (unpaired) electrons. The van der Waals surface area contributed by atoms with Gasteiger partial charge in [-0.2, -0.15) is 0 Å². The van der Waals surface area contributed by atoms with Gasteiger partial charge in [-0.05, 0) is 43.9 Å². The fourth-order valence-electron chi connectivity index (χ4n) is 7.30. The van der Waals surface area contributed by atoms with Gasteiger partial charge in [0.2, 0.25) is 65.0 Å². The largest absolute Gasteiger partial charge is 0.393 e. The third kappa shape index (κ3) is 21.5. The number of rotatable bonds is 29. The van der Waals surface area contributed by atoms with Crippen LogP contribution in [0, 0.1) is 17.8 Å². The summed E-state index contributed by atoms with van der Waals surface area (Å²) < 4.78 is 0.